The smallest absolute Gasteiger partial charge is 0.387 e. The number of rotatable bonds is 6. The molecular formula is C30H25BrF2N4OS. The molecule has 0 atom stereocenters. The lowest BCUT2D eigenvalue weighted by Gasteiger charge is -2.14. The molecular weight excluding hydrogens is 582 g/mol. The first-order valence-electron chi connectivity index (χ1n) is 12.7. The first-order valence-corrected chi connectivity index (χ1v) is 13.9. The second-order valence-electron chi connectivity index (χ2n) is 9.60. The molecule has 6 rings (SSSR count). The summed E-state index contributed by atoms with van der Waals surface area (Å²) >= 11 is 9.63. The fraction of sp³-hybridized carbons (Fsp3) is 0.200. The summed E-state index contributed by atoms with van der Waals surface area (Å²) < 4.78 is 35.5. The average molecular weight is 608 g/mol. The maximum Gasteiger partial charge on any atom is 0.387 e. The topological polar surface area (TPSA) is 43.5 Å². The Hall–Kier alpha value is -3.56. The highest BCUT2D eigenvalue weighted by molar-refractivity contribution is 9.10. The Morgan fingerprint density at radius 2 is 1.77 bits per heavy atom. The normalized spacial score (nSPS) is 13.1. The highest BCUT2D eigenvalue weighted by Gasteiger charge is 2.30. The molecule has 5 aromatic rings. The Bertz CT molecular complexity index is 1680. The molecule has 1 aliphatic rings. The first kappa shape index (κ1) is 25.7. The van der Waals surface area contributed by atoms with E-state index in [1.54, 1.807) is 12.1 Å². The number of benzene rings is 3. The van der Waals surface area contributed by atoms with Gasteiger partial charge in [0.05, 0.1) is 5.69 Å². The van der Waals surface area contributed by atoms with Gasteiger partial charge in [-0.05, 0) is 73.7 Å². The Labute approximate surface area is 238 Å². The van der Waals surface area contributed by atoms with Gasteiger partial charge in [-0.2, -0.15) is 13.9 Å². The Kier molecular flexibility index (Phi) is 6.95. The largest absolute Gasteiger partial charge is 0.435 e. The van der Waals surface area contributed by atoms with E-state index in [1.165, 1.54) is 0 Å². The van der Waals surface area contributed by atoms with Crippen LogP contribution in [0.1, 0.15) is 29.7 Å². The van der Waals surface area contributed by atoms with Crippen molar-refractivity contribution in [1.29, 1.82) is 0 Å². The number of thiocarbonyl (C=S) groups is 1. The quantitative estimate of drug-likeness (QED) is 0.198. The van der Waals surface area contributed by atoms with Gasteiger partial charge in [0.15, 0.2) is 5.82 Å². The third-order valence-corrected chi connectivity index (χ3v) is 7.75. The SMILES string of the molecule is Cc1cccc(NC(=S)c2c(-c3ccc(OC(F)F)cc3)c3c4n(nc(-c5ccc(Br)cc5)n24)CCCC3)c1. The Balaban J connectivity index is 1.60. The molecule has 0 radical (unpaired) electrons. The number of nitrogens with zero attached hydrogens (tertiary/aromatic N) is 3. The molecule has 0 saturated carbocycles. The average Bonchev–Trinajstić information content (AvgIpc) is 3.35. The monoisotopic (exact) mass is 606 g/mol. The van der Waals surface area contributed by atoms with Gasteiger partial charge in [0.25, 0.3) is 0 Å². The van der Waals surface area contributed by atoms with Gasteiger partial charge in [-0.25, -0.2) is 4.68 Å². The summed E-state index contributed by atoms with van der Waals surface area (Å²) in [5.41, 5.74) is 7.83. The van der Waals surface area contributed by atoms with Crippen LogP contribution in [0.4, 0.5) is 14.5 Å². The standard InChI is InChI=1S/C30H25BrF2N4OS/c1-18-5-4-6-22(17-18)34-28(39)26-25(19-10-14-23(15-11-19)38-30(32)33)24-7-2-3-16-36-29(24)37(26)27(35-36)20-8-12-21(31)13-9-20/h4-6,8-15,17,30H,2-3,7,16H2,1H3,(H,34,39). The summed E-state index contributed by atoms with van der Waals surface area (Å²) in [6.07, 6.45) is 2.87. The number of ether oxygens (including phenoxy) is 1. The summed E-state index contributed by atoms with van der Waals surface area (Å²) in [5.74, 6) is 0.917. The number of nitrogens with one attached hydrogen (secondary N) is 1. The van der Waals surface area contributed by atoms with Crippen molar-refractivity contribution in [3.8, 4) is 28.3 Å². The van der Waals surface area contributed by atoms with Crippen molar-refractivity contribution in [3.63, 3.8) is 0 Å². The lowest BCUT2D eigenvalue weighted by Crippen LogP contribution is -2.15. The van der Waals surface area contributed by atoms with E-state index in [0.29, 0.717) is 4.99 Å². The van der Waals surface area contributed by atoms with Crippen molar-refractivity contribution in [1.82, 2.24) is 14.2 Å². The molecule has 9 heteroatoms. The van der Waals surface area contributed by atoms with Crippen LogP contribution in [0.15, 0.2) is 77.3 Å². The second kappa shape index (κ2) is 10.5. The van der Waals surface area contributed by atoms with Gasteiger partial charge in [0.2, 0.25) is 0 Å². The van der Waals surface area contributed by atoms with E-state index >= 15 is 0 Å². The van der Waals surface area contributed by atoms with Crippen LogP contribution >= 0.6 is 28.1 Å². The lowest BCUT2D eigenvalue weighted by molar-refractivity contribution is -0.0498. The van der Waals surface area contributed by atoms with Crippen molar-refractivity contribution in [3.05, 3.63) is 94.1 Å². The minimum Gasteiger partial charge on any atom is -0.435 e. The van der Waals surface area contributed by atoms with Crippen LogP contribution in [-0.4, -0.2) is 25.8 Å². The molecule has 0 aliphatic carbocycles. The van der Waals surface area contributed by atoms with E-state index in [2.05, 4.69) is 41.1 Å². The van der Waals surface area contributed by atoms with E-state index in [1.807, 2.05) is 61.5 Å². The highest BCUT2D eigenvalue weighted by atomic mass is 79.9. The van der Waals surface area contributed by atoms with Crippen LogP contribution in [0.3, 0.4) is 0 Å². The molecule has 5 nitrogen and oxygen atoms in total. The van der Waals surface area contributed by atoms with Gasteiger partial charge >= 0.3 is 6.61 Å². The molecule has 3 aromatic carbocycles. The third-order valence-electron chi connectivity index (χ3n) is 6.92. The van der Waals surface area contributed by atoms with Crippen molar-refractivity contribution >= 4 is 44.5 Å². The van der Waals surface area contributed by atoms with E-state index in [0.717, 1.165) is 81.0 Å². The zero-order chi connectivity index (χ0) is 27.1. The Morgan fingerprint density at radius 3 is 2.49 bits per heavy atom. The predicted octanol–water partition coefficient (Wildman–Crippen LogP) is 8.27. The van der Waals surface area contributed by atoms with Crippen LogP contribution in [-0.2, 0) is 13.0 Å². The minimum absolute atomic E-state index is 0.118. The number of anilines is 1. The van der Waals surface area contributed by atoms with Gasteiger partial charge in [0, 0.05) is 33.4 Å². The van der Waals surface area contributed by atoms with E-state index in [4.69, 9.17) is 17.3 Å². The van der Waals surface area contributed by atoms with Crippen molar-refractivity contribution in [2.75, 3.05) is 5.32 Å². The molecule has 0 unspecified atom stereocenters. The molecule has 0 saturated heterocycles. The van der Waals surface area contributed by atoms with Crippen LogP contribution in [0.25, 0.3) is 28.2 Å². The van der Waals surface area contributed by atoms with Gasteiger partial charge in [-0.1, -0.05) is 64.5 Å². The van der Waals surface area contributed by atoms with Crippen LogP contribution in [0.5, 0.6) is 5.75 Å². The summed E-state index contributed by atoms with van der Waals surface area (Å²) in [5, 5.41) is 8.51. The predicted molar refractivity (Wildman–Crippen MR) is 158 cm³/mol. The van der Waals surface area contributed by atoms with Crippen molar-refractivity contribution < 1.29 is 13.5 Å². The summed E-state index contributed by atoms with van der Waals surface area (Å²) in [4.78, 5) is 0.559. The molecule has 0 spiro atoms. The van der Waals surface area contributed by atoms with Gasteiger partial charge in [0.1, 0.15) is 16.4 Å². The molecule has 0 bridgehead atoms. The van der Waals surface area contributed by atoms with Crippen LogP contribution in [0.2, 0.25) is 0 Å². The number of hydrogen-bond acceptors (Lipinski definition) is 3. The molecule has 0 fully saturated rings. The third kappa shape index (κ3) is 4.96. The first-order chi connectivity index (χ1) is 18.9. The summed E-state index contributed by atoms with van der Waals surface area (Å²) in [7, 11) is 0. The summed E-state index contributed by atoms with van der Waals surface area (Å²) in [6, 6.07) is 23.0. The maximum atomic E-state index is 12.8. The van der Waals surface area contributed by atoms with Crippen molar-refractivity contribution in [2.45, 2.75) is 39.3 Å². The molecule has 1 N–H and O–H groups in total. The molecule has 39 heavy (non-hydrogen) atoms. The molecule has 3 heterocycles. The van der Waals surface area contributed by atoms with Gasteiger partial charge in [-0.3, -0.25) is 4.40 Å². The number of aryl methyl sites for hydroxylation is 3. The molecule has 2 aromatic heterocycles. The molecule has 198 valence electrons. The number of aromatic nitrogens is 3. The van der Waals surface area contributed by atoms with E-state index in [-0.39, 0.29) is 5.75 Å². The maximum absolute atomic E-state index is 12.8. The van der Waals surface area contributed by atoms with E-state index < -0.39 is 6.61 Å². The Morgan fingerprint density at radius 1 is 1.03 bits per heavy atom. The summed E-state index contributed by atoms with van der Waals surface area (Å²) in [6.45, 7) is -0.0358. The fourth-order valence-electron chi connectivity index (χ4n) is 5.28. The number of alkyl halides is 2. The van der Waals surface area contributed by atoms with Crippen molar-refractivity contribution in [2.24, 2.45) is 0 Å². The van der Waals surface area contributed by atoms with Gasteiger partial charge < -0.3 is 10.1 Å². The van der Waals surface area contributed by atoms with Crippen LogP contribution in [0, 0.1) is 6.92 Å². The van der Waals surface area contributed by atoms with Gasteiger partial charge in [-0.15, -0.1) is 0 Å². The van der Waals surface area contributed by atoms with E-state index in [9.17, 15) is 8.78 Å². The number of hydrogen-bond donors (Lipinski definition) is 1. The van der Waals surface area contributed by atoms with Crippen LogP contribution < -0.4 is 10.1 Å². The second-order valence-corrected chi connectivity index (χ2v) is 10.9. The number of halogens is 3. The minimum atomic E-state index is -2.88. The molecule has 0 amide bonds. The lowest BCUT2D eigenvalue weighted by atomic mass is 9.98. The zero-order valence-corrected chi connectivity index (χ0v) is 23.5. The fourth-order valence-corrected chi connectivity index (χ4v) is 5.85. The zero-order valence-electron chi connectivity index (χ0n) is 21.1. The highest BCUT2D eigenvalue weighted by Crippen LogP contribution is 2.40. The molecule has 1 aliphatic heterocycles.